The summed E-state index contributed by atoms with van der Waals surface area (Å²) in [5.74, 6) is 0.210. The first-order valence-electron chi connectivity index (χ1n) is 7.84. The van der Waals surface area contributed by atoms with Crippen LogP contribution < -0.4 is 4.90 Å². The summed E-state index contributed by atoms with van der Waals surface area (Å²) >= 11 is 0. The second-order valence-electron chi connectivity index (χ2n) is 6.24. The zero-order chi connectivity index (χ0) is 15.0. The molecule has 3 rings (SSSR count). The fourth-order valence-electron chi connectivity index (χ4n) is 3.46. The van der Waals surface area contributed by atoms with E-state index in [-0.39, 0.29) is 24.1 Å². The van der Waals surface area contributed by atoms with E-state index >= 15 is 0 Å². The Labute approximate surface area is 126 Å². The fraction of sp³-hybridized carbons (Fsp3) is 0.588. The number of amides is 1. The monoisotopic (exact) mass is 288 g/mol. The van der Waals surface area contributed by atoms with Crippen LogP contribution in [0.5, 0.6) is 0 Å². The maximum absolute atomic E-state index is 13.0. The molecule has 2 heterocycles. The summed E-state index contributed by atoms with van der Waals surface area (Å²) in [4.78, 5) is 17.2. The third kappa shape index (κ3) is 2.70. The lowest BCUT2D eigenvalue weighted by molar-refractivity contribution is -0.126. The van der Waals surface area contributed by atoms with Crippen molar-refractivity contribution in [2.45, 2.75) is 45.4 Å². The highest BCUT2D eigenvalue weighted by Gasteiger charge is 2.35. The first-order valence-corrected chi connectivity index (χ1v) is 7.84. The van der Waals surface area contributed by atoms with Gasteiger partial charge in [-0.1, -0.05) is 18.2 Å². The molecular formula is C17H24N2O2. The number of carbonyl (C=O) groups excluding carboxylic acids is 1. The van der Waals surface area contributed by atoms with E-state index in [0.717, 1.165) is 25.2 Å². The Morgan fingerprint density at radius 1 is 1.33 bits per heavy atom. The molecular weight excluding hydrogens is 264 g/mol. The van der Waals surface area contributed by atoms with Crippen LogP contribution >= 0.6 is 0 Å². The number of morpholine rings is 1. The molecule has 0 radical (unpaired) electrons. The molecule has 0 unspecified atom stereocenters. The Bertz CT molecular complexity index is 531. The van der Waals surface area contributed by atoms with Gasteiger partial charge in [-0.05, 0) is 38.8 Å². The van der Waals surface area contributed by atoms with Gasteiger partial charge in [0.05, 0.1) is 18.8 Å². The maximum atomic E-state index is 13.0. The van der Waals surface area contributed by atoms with Crippen LogP contribution in [0.25, 0.3) is 0 Å². The number of fused-ring (bicyclic) bond motifs is 1. The smallest absolute Gasteiger partial charge is 0.244 e. The van der Waals surface area contributed by atoms with Crippen molar-refractivity contribution in [3.8, 4) is 0 Å². The van der Waals surface area contributed by atoms with E-state index in [1.54, 1.807) is 0 Å². The molecule has 1 fully saturated rings. The van der Waals surface area contributed by atoms with E-state index in [4.69, 9.17) is 4.74 Å². The van der Waals surface area contributed by atoms with Crippen LogP contribution in [-0.2, 0) is 16.0 Å². The maximum Gasteiger partial charge on any atom is 0.244 e. The van der Waals surface area contributed by atoms with E-state index < -0.39 is 0 Å². The molecule has 4 heteroatoms. The minimum atomic E-state index is -0.0926. The van der Waals surface area contributed by atoms with Gasteiger partial charge in [-0.3, -0.25) is 9.69 Å². The first kappa shape index (κ1) is 14.5. The highest BCUT2D eigenvalue weighted by molar-refractivity contribution is 5.99. The zero-order valence-corrected chi connectivity index (χ0v) is 13.1. The van der Waals surface area contributed by atoms with Crippen molar-refractivity contribution in [3.05, 3.63) is 29.8 Å². The molecule has 0 aliphatic carbocycles. The molecule has 21 heavy (non-hydrogen) atoms. The number of rotatable bonds is 2. The number of anilines is 1. The highest BCUT2D eigenvalue weighted by atomic mass is 16.5. The summed E-state index contributed by atoms with van der Waals surface area (Å²) in [5.41, 5.74) is 2.36. The van der Waals surface area contributed by atoms with Crippen LogP contribution in [0.3, 0.4) is 0 Å². The van der Waals surface area contributed by atoms with Crippen molar-refractivity contribution in [2.75, 3.05) is 24.6 Å². The normalized spacial score (nSPS) is 27.5. The number of hydrogen-bond donors (Lipinski definition) is 0. The van der Waals surface area contributed by atoms with Gasteiger partial charge in [0.1, 0.15) is 0 Å². The minimum Gasteiger partial charge on any atom is -0.376 e. The topological polar surface area (TPSA) is 32.8 Å². The number of hydrogen-bond acceptors (Lipinski definition) is 3. The predicted molar refractivity (Wildman–Crippen MR) is 83.5 cm³/mol. The van der Waals surface area contributed by atoms with E-state index in [1.807, 2.05) is 24.0 Å². The average Bonchev–Trinajstić information content (AvgIpc) is 2.81. The first-order chi connectivity index (χ1) is 10.1. The van der Waals surface area contributed by atoms with Gasteiger partial charge in [0.2, 0.25) is 5.91 Å². The Kier molecular flexibility index (Phi) is 4.00. The lowest BCUT2D eigenvalue weighted by Gasteiger charge is -2.37. The summed E-state index contributed by atoms with van der Waals surface area (Å²) in [6.07, 6.45) is 1.16. The molecule has 1 aromatic rings. The van der Waals surface area contributed by atoms with Crippen LogP contribution in [0.1, 0.15) is 26.3 Å². The van der Waals surface area contributed by atoms with Gasteiger partial charge in [-0.15, -0.1) is 0 Å². The number of benzene rings is 1. The largest absolute Gasteiger partial charge is 0.376 e. The van der Waals surface area contributed by atoms with Crippen LogP contribution in [0, 0.1) is 0 Å². The van der Waals surface area contributed by atoms with Crippen molar-refractivity contribution < 1.29 is 9.53 Å². The van der Waals surface area contributed by atoms with Crippen molar-refractivity contribution in [1.82, 2.24) is 4.90 Å². The van der Waals surface area contributed by atoms with Gasteiger partial charge in [-0.25, -0.2) is 0 Å². The van der Waals surface area contributed by atoms with Gasteiger partial charge in [-0.2, -0.15) is 0 Å². The van der Waals surface area contributed by atoms with E-state index in [2.05, 4.69) is 30.9 Å². The average molecular weight is 288 g/mol. The second-order valence-corrected chi connectivity index (χ2v) is 6.24. The minimum absolute atomic E-state index is 0.0926. The molecule has 1 amide bonds. The fourth-order valence-corrected chi connectivity index (χ4v) is 3.46. The van der Waals surface area contributed by atoms with Gasteiger partial charge >= 0.3 is 0 Å². The molecule has 1 saturated heterocycles. The van der Waals surface area contributed by atoms with Gasteiger partial charge in [0.15, 0.2) is 0 Å². The van der Waals surface area contributed by atoms with Gasteiger partial charge in [0, 0.05) is 24.8 Å². The molecule has 0 spiro atoms. The second kappa shape index (κ2) is 5.78. The van der Waals surface area contributed by atoms with Crippen LogP contribution in [0.15, 0.2) is 24.3 Å². The molecule has 4 nitrogen and oxygen atoms in total. The standard InChI is InChI=1S/C17H24N2O2/c1-12-10-15-6-4-5-7-16(15)19(12)17(20)14(3)18-8-9-21-13(2)11-18/h4-7,12-14H,8-11H2,1-3H3/t12-,13-,14-/m1/s1. The van der Waals surface area contributed by atoms with E-state index in [0.29, 0.717) is 6.61 Å². The van der Waals surface area contributed by atoms with Crippen LogP contribution in [0.2, 0.25) is 0 Å². The Morgan fingerprint density at radius 3 is 2.86 bits per heavy atom. The molecule has 0 bridgehead atoms. The van der Waals surface area contributed by atoms with Gasteiger partial charge < -0.3 is 9.64 Å². The van der Waals surface area contributed by atoms with Crippen LogP contribution in [0.4, 0.5) is 5.69 Å². The molecule has 3 atom stereocenters. The summed E-state index contributed by atoms with van der Waals surface area (Å²) in [6.45, 7) is 8.60. The Morgan fingerprint density at radius 2 is 2.10 bits per heavy atom. The number of nitrogens with zero attached hydrogens (tertiary/aromatic N) is 2. The third-order valence-electron chi connectivity index (χ3n) is 4.62. The molecule has 0 N–H and O–H groups in total. The zero-order valence-electron chi connectivity index (χ0n) is 13.1. The number of ether oxygens (including phenoxy) is 1. The van der Waals surface area contributed by atoms with E-state index in [1.165, 1.54) is 5.56 Å². The van der Waals surface area contributed by atoms with Crippen molar-refractivity contribution >= 4 is 11.6 Å². The molecule has 1 aromatic carbocycles. The number of carbonyl (C=O) groups is 1. The SMILES string of the molecule is C[C@@H]1CN([C@H](C)C(=O)N2c3ccccc3C[C@H]2C)CCO1. The summed E-state index contributed by atoms with van der Waals surface area (Å²) in [7, 11) is 0. The molecule has 114 valence electrons. The highest BCUT2D eigenvalue weighted by Crippen LogP contribution is 2.32. The quantitative estimate of drug-likeness (QED) is 0.835. The van der Waals surface area contributed by atoms with E-state index in [9.17, 15) is 4.79 Å². The summed E-state index contributed by atoms with van der Waals surface area (Å²) in [5, 5.41) is 0. The number of para-hydroxylation sites is 1. The lowest BCUT2D eigenvalue weighted by Crippen LogP contribution is -2.53. The Balaban J connectivity index is 1.78. The van der Waals surface area contributed by atoms with Crippen molar-refractivity contribution in [3.63, 3.8) is 0 Å². The molecule has 2 aliphatic rings. The molecule has 2 aliphatic heterocycles. The predicted octanol–water partition coefficient (Wildman–Crippen LogP) is 2.07. The summed E-state index contributed by atoms with van der Waals surface area (Å²) < 4.78 is 5.57. The van der Waals surface area contributed by atoms with Gasteiger partial charge in [0.25, 0.3) is 0 Å². The van der Waals surface area contributed by atoms with Crippen molar-refractivity contribution in [2.24, 2.45) is 0 Å². The molecule has 0 aromatic heterocycles. The third-order valence-corrected chi connectivity index (χ3v) is 4.62. The summed E-state index contributed by atoms with van der Waals surface area (Å²) in [6, 6.07) is 8.40. The molecule has 0 saturated carbocycles. The van der Waals surface area contributed by atoms with Crippen LogP contribution in [-0.4, -0.2) is 48.7 Å². The lowest BCUT2D eigenvalue weighted by atomic mass is 10.1. The Hall–Kier alpha value is -1.39. The van der Waals surface area contributed by atoms with Crippen molar-refractivity contribution in [1.29, 1.82) is 0 Å².